The third kappa shape index (κ3) is 6.24. The van der Waals surface area contributed by atoms with Gasteiger partial charge in [-0.3, -0.25) is 14.4 Å². The maximum Gasteiger partial charge on any atom is 0.339 e. The molecule has 2 amide bonds. The van der Waals surface area contributed by atoms with Crippen LogP contribution in [0.2, 0.25) is 0 Å². The fraction of sp³-hybridized carbons (Fsp3) is 0.241. The van der Waals surface area contributed by atoms with E-state index in [-0.39, 0.29) is 22.8 Å². The number of esters is 1. The number of anilines is 1. The number of carbonyl (C=O) groups excluding carboxylic acids is 4. The second-order valence-corrected chi connectivity index (χ2v) is 8.37. The summed E-state index contributed by atoms with van der Waals surface area (Å²) < 4.78 is 5.20. The summed E-state index contributed by atoms with van der Waals surface area (Å²) in [5.74, 6) is -1.67. The topological polar surface area (TPSA) is 92.8 Å². The van der Waals surface area contributed by atoms with E-state index in [1.807, 2.05) is 39.8 Å². The minimum absolute atomic E-state index is 0.0825. The van der Waals surface area contributed by atoms with Crippen molar-refractivity contribution in [3.63, 3.8) is 0 Å². The Balaban J connectivity index is 1.64. The molecule has 0 aliphatic carbocycles. The van der Waals surface area contributed by atoms with Gasteiger partial charge in [0.1, 0.15) is 0 Å². The van der Waals surface area contributed by atoms with Gasteiger partial charge in [-0.15, -0.1) is 0 Å². The van der Waals surface area contributed by atoms with Gasteiger partial charge in [-0.1, -0.05) is 35.9 Å². The molecular weight excluding hydrogens is 456 g/mol. The van der Waals surface area contributed by atoms with Crippen molar-refractivity contribution in [3.05, 3.63) is 100 Å². The summed E-state index contributed by atoms with van der Waals surface area (Å²) >= 11 is 0. The Labute approximate surface area is 211 Å². The molecule has 0 aliphatic rings. The molecule has 0 atom stereocenters. The summed E-state index contributed by atoms with van der Waals surface area (Å²) in [6.45, 7) is 8.25. The van der Waals surface area contributed by atoms with Crippen molar-refractivity contribution in [3.8, 4) is 0 Å². The first kappa shape index (κ1) is 26.3. The number of nitrogens with zero attached hydrogens (tertiary/aromatic N) is 1. The van der Waals surface area contributed by atoms with Crippen LogP contribution in [0.1, 0.15) is 61.6 Å². The minimum Gasteiger partial charge on any atom is -0.452 e. The molecule has 186 valence electrons. The van der Waals surface area contributed by atoms with E-state index in [0.29, 0.717) is 29.9 Å². The number of aryl methyl sites for hydroxylation is 2. The lowest BCUT2D eigenvalue weighted by Crippen LogP contribution is -2.30. The van der Waals surface area contributed by atoms with Crippen LogP contribution in [0.25, 0.3) is 0 Å². The Morgan fingerprint density at radius 1 is 0.806 bits per heavy atom. The van der Waals surface area contributed by atoms with Gasteiger partial charge in [-0.25, -0.2) is 4.79 Å². The van der Waals surface area contributed by atoms with Crippen molar-refractivity contribution < 1.29 is 23.9 Å². The van der Waals surface area contributed by atoms with E-state index in [1.54, 1.807) is 53.4 Å². The molecule has 7 nitrogen and oxygen atoms in total. The standard InChI is InChI=1S/C29H30N2O5/c1-5-31(6-2)28(34)21-13-15-22(16-14-21)30-26(32)18-36-29(35)24-10-8-7-9-23(24)27(33)25-17-19(3)11-12-20(25)4/h7-17H,5-6,18H2,1-4H3,(H,30,32). The van der Waals surface area contributed by atoms with Crippen molar-refractivity contribution in [1.82, 2.24) is 4.90 Å². The van der Waals surface area contributed by atoms with Gasteiger partial charge in [-0.05, 0) is 69.7 Å². The van der Waals surface area contributed by atoms with Gasteiger partial charge < -0.3 is 15.0 Å². The Morgan fingerprint density at radius 3 is 2.08 bits per heavy atom. The largest absolute Gasteiger partial charge is 0.452 e. The first-order valence-electron chi connectivity index (χ1n) is 11.8. The molecule has 0 fully saturated rings. The number of ether oxygens (including phenoxy) is 1. The molecule has 0 spiro atoms. The SMILES string of the molecule is CCN(CC)C(=O)c1ccc(NC(=O)COC(=O)c2ccccc2C(=O)c2cc(C)ccc2C)cc1. The van der Waals surface area contributed by atoms with Crippen molar-refractivity contribution in [2.45, 2.75) is 27.7 Å². The first-order chi connectivity index (χ1) is 17.2. The van der Waals surface area contributed by atoms with Gasteiger partial charge in [-0.2, -0.15) is 0 Å². The van der Waals surface area contributed by atoms with Crippen LogP contribution in [0.3, 0.4) is 0 Å². The molecule has 0 aliphatic heterocycles. The Kier molecular flexibility index (Phi) is 8.73. The second-order valence-electron chi connectivity index (χ2n) is 8.37. The zero-order chi connectivity index (χ0) is 26.2. The van der Waals surface area contributed by atoms with Crippen molar-refractivity contribution in [2.75, 3.05) is 25.0 Å². The summed E-state index contributed by atoms with van der Waals surface area (Å²) in [7, 11) is 0. The molecule has 0 saturated heterocycles. The molecule has 7 heteroatoms. The molecule has 1 N–H and O–H groups in total. The monoisotopic (exact) mass is 486 g/mol. The summed E-state index contributed by atoms with van der Waals surface area (Å²) in [6.07, 6.45) is 0. The predicted octanol–water partition coefficient (Wildman–Crippen LogP) is 4.81. The highest BCUT2D eigenvalue weighted by Crippen LogP contribution is 2.20. The quantitative estimate of drug-likeness (QED) is 0.346. The Bertz CT molecular complexity index is 1280. The van der Waals surface area contributed by atoms with Crippen LogP contribution in [0.4, 0.5) is 5.69 Å². The molecule has 36 heavy (non-hydrogen) atoms. The van der Waals surface area contributed by atoms with Crippen LogP contribution < -0.4 is 5.32 Å². The van der Waals surface area contributed by atoms with E-state index >= 15 is 0 Å². The number of benzene rings is 3. The van der Waals surface area contributed by atoms with Crippen LogP contribution in [0.5, 0.6) is 0 Å². The van der Waals surface area contributed by atoms with Crippen LogP contribution >= 0.6 is 0 Å². The summed E-state index contributed by atoms with van der Waals surface area (Å²) in [4.78, 5) is 52.4. The summed E-state index contributed by atoms with van der Waals surface area (Å²) in [5.41, 5.74) is 3.55. The van der Waals surface area contributed by atoms with Gasteiger partial charge in [0.05, 0.1) is 5.56 Å². The molecule has 3 aromatic carbocycles. The van der Waals surface area contributed by atoms with Gasteiger partial charge in [0.25, 0.3) is 11.8 Å². The Hall–Kier alpha value is -4.26. The van der Waals surface area contributed by atoms with E-state index in [1.165, 1.54) is 6.07 Å². The number of hydrogen-bond acceptors (Lipinski definition) is 5. The summed E-state index contributed by atoms with van der Waals surface area (Å²) in [6, 6.07) is 18.5. The third-order valence-electron chi connectivity index (χ3n) is 5.83. The average Bonchev–Trinajstić information content (AvgIpc) is 2.89. The fourth-order valence-corrected chi connectivity index (χ4v) is 3.78. The molecule has 0 unspecified atom stereocenters. The number of nitrogens with one attached hydrogen (secondary N) is 1. The molecular formula is C29H30N2O5. The maximum atomic E-state index is 13.2. The number of ketones is 1. The average molecular weight is 487 g/mol. The smallest absolute Gasteiger partial charge is 0.339 e. The van der Waals surface area contributed by atoms with Crippen molar-refractivity contribution in [2.24, 2.45) is 0 Å². The van der Waals surface area contributed by atoms with Crippen LogP contribution in [-0.2, 0) is 9.53 Å². The number of rotatable bonds is 9. The van der Waals surface area contributed by atoms with Gasteiger partial charge >= 0.3 is 5.97 Å². The molecule has 0 saturated carbocycles. The molecule has 3 rings (SSSR count). The fourth-order valence-electron chi connectivity index (χ4n) is 3.78. The lowest BCUT2D eigenvalue weighted by Gasteiger charge is -2.18. The van der Waals surface area contributed by atoms with Gasteiger partial charge in [0.15, 0.2) is 12.4 Å². The zero-order valence-corrected chi connectivity index (χ0v) is 21.0. The molecule has 0 heterocycles. The van der Waals surface area contributed by atoms with Crippen molar-refractivity contribution in [1.29, 1.82) is 0 Å². The lowest BCUT2D eigenvalue weighted by atomic mass is 9.94. The lowest BCUT2D eigenvalue weighted by molar-refractivity contribution is -0.119. The normalized spacial score (nSPS) is 10.4. The number of carbonyl (C=O) groups is 4. The minimum atomic E-state index is -0.764. The van der Waals surface area contributed by atoms with E-state index < -0.39 is 18.5 Å². The highest BCUT2D eigenvalue weighted by Gasteiger charge is 2.21. The highest BCUT2D eigenvalue weighted by molar-refractivity contribution is 6.15. The number of hydrogen-bond donors (Lipinski definition) is 1. The number of amides is 2. The van der Waals surface area contributed by atoms with E-state index in [9.17, 15) is 19.2 Å². The van der Waals surface area contributed by atoms with Crippen LogP contribution in [0.15, 0.2) is 66.7 Å². The third-order valence-corrected chi connectivity index (χ3v) is 5.83. The summed E-state index contributed by atoms with van der Waals surface area (Å²) in [5, 5.41) is 2.64. The maximum absolute atomic E-state index is 13.2. The zero-order valence-electron chi connectivity index (χ0n) is 21.0. The molecule has 0 bridgehead atoms. The van der Waals surface area contributed by atoms with E-state index in [2.05, 4.69) is 5.32 Å². The molecule has 0 radical (unpaired) electrons. The van der Waals surface area contributed by atoms with Crippen molar-refractivity contribution >= 4 is 29.3 Å². The van der Waals surface area contributed by atoms with E-state index in [4.69, 9.17) is 4.74 Å². The van der Waals surface area contributed by atoms with Crippen LogP contribution in [-0.4, -0.2) is 48.2 Å². The van der Waals surface area contributed by atoms with Gasteiger partial charge in [0.2, 0.25) is 0 Å². The second kappa shape index (κ2) is 11.9. The Morgan fingerprint density at radius 2 is 1.44 bits per heavy atom. The molecule has 0 aromatic heterocycles. The highest BCUT2D eigenvalue weighted by atomic mass is 16.5. The van der Waals surface area contributed by atoms with Crippen LogP contribution in [0, 0.1) is 13.8 Å². The van der Waals surface area contributed by atoms with Gasteiger partial charge in [0, 0.05) is 35.5 Å². The predicted molar refractivity (Wildman–Crippen MR) is 138 cm³/mol. The molecule has 3 aromatic rings. The first-order valence-corrected chi connectivity index (χ1v) is 11.8. The van der Waals surface area contributed by atoms with E-state index in [0.717, 1.165) is 11.1 Å².